The van der Waals surface area contributed by atoms with Crippen molar-refractivity contribution < 1.29 is 24.2 Å². The number of Topliss-reactive ketones (excluding diaryl/α,β-unsaturated/α-hetero) is 1. The standard InChI is InChI=1S/C23H25NO5/c1-5-12-24-20(16-9-7-6-8-14(16)2)19(22(26)23(24)27)21(25)17-13-15(28-3)10-11-18(17)29-4/h6-11,13,20,25H,5,12H2,1-4H3/b21-19+. The summed E-state index contributed by atoms with van der Waals surface area (Å²) in [5, 5.41) is 11.2. The van der Waals surface area contributed by atoms with Crippen LogP contribution in [0.15, 0.2) is 48.0 Å². The van der Waals surface area contributed by atoms with E-state index in [1.165, 1.54) is 19.1 Å². The van der Waals surface area contributed by atoms with Gasteiger partial charge in [-0.1, -0.05) is 31.2 Å². The summed E-state index contributed by atoms with van der Waals surface area (Å²) in [6.45, 7) is 4.28. The Balaban J connectivity index is 2.28. The van der Waals surface area contributed by atoms with E-state index < -0.39 is 17.7 Å². The van der Waals surface area contributed by atoms with Gasteiger partial charge >= 0.3 is 0 Å². The van der Waals surface area contributed by atoms with Gasteiger partial charge in [0.25, 0.3) is 11.7 Å². The number of amides is 1. The molecule has 1 saturated heterocycles. The van der Waals surface area contributed by atoms with Crippen molar-refractivity contribution in [3.05, 3.63) is 64.7 Å². The summed E-state index contributed by atoms with van der Waals surface area (Å²) in [5.74, 6) is -0.695. The van der Waals surface area contributed by atoms with Crippen molar-refractivity contribution in [3.8, 4) is 11.5 Å². The molecule has 2 aromatic rings. The zero-order valence-electron chi connectivity index (χ0n) is 17.1. The fraction of sp³-hybridized carbons (Fsp3) is 0.304. The van der Waals surface area contributed by atoms with Crippen molar-refractivity contribution in [3.63, 3.8) is 0 Å². The van der Waals surface area contributed by atoms with Crippen LogP contribution < -0.4 is 9.47 Å². The Morgan fingerprint density at radius 2 is 1.83 bits per heavy atom. The van der Waals surface area contributed by atoms with Gasteiger partial charge in [0.2, 0.25) is 0 Å². The van der Waals surface area contributed by atoms with Crippen LogP contribution in [0.2, 0.25) is 0 Å². The molecule has 1 aliphatic heterocycles. The van der Waals surface area contributed by atoms with E-state index in [0.29, 0.717) is 30.0 Å². The maximum Gasteiger partial charge on any atom is 0.295 e. The summed E-state index contributed by atoms with van der Waals surface area (Å²) in [6, 6.07) is 11.8. The highest BCUT2D eigenvalue weighted by molar-refractivity contribution is 6.46. The van der Waals surface area contributed by atoms with Crippen molar-refractivity contribution in [2.75, 3.05) is 20.8 Å². The Morgan fingerprint density at radius 3 is 2.45 bits per heavy atom. The highest BCUT2D eigenvalue weighted by Crippen LogP contribution is 2.42. The van der Waals surface area contributed by atoms with Crippen molar-refractivity contribution in [1.29, 1.82) is 0 Å². The van der Waals surface area contributed by atoms with E-state index in [-0.39, 0.29) is 11.3 Å². The number of ketones is 1. The molecule has 1 atom stereocenters. The Hall–Kier alpha value is -3.28. The number of likely N-dealkylation sites (tertiary alicyclic amines) is 1. The van der Waals surface area contributed by atoms with Crippen LogP contribution in [0.5, 0.6) is 11.5 Å². The first-order valence-corrected chi connectivity index (χ1v) is 9.50. The molecule has 3 rings (SSSR count). The molecule has 0 bridgehead atoms. The van der Waals surface area contributed by atoms with Gasteiger partial charge in [-0.2, -0.15) is 0 Å². The predicted molar refractivity (Wildman–Crippen MR) is 110 cm³/mol. The van der Waals surface area contributed by atoms with Gasteiger partial charge in [0.1, 0.15) is 17.3 Å². The lowest BCUT2D eigenvalue weighted by molar-refractivity contribution is -0.139. The van der Waals surface area contributed by atoms with Crippen molar-refractivity contribution in [2.45, 2.75) is 26.3 Å². The molecule has 152 valence electrons. The summed E-state index contributed by atoms with van der Waals surface area (Å²) in [5.41, 5.74) is 2.11. The zero-order chi connectivity index (χ0) is 21.1. The molecular formula is C23H25NO5. The molecule has 1 aliphatic rings. The summed E-state index contributed by atoms with van der Waals surface area (Å²) >= 11 is 0. The molecule has 2 aromatic carbocycles. The number of methoxy groups -OCH3 is 2. The lowest BCUT2D eigenvalue weighted by atomic mass is 9.92. The first kappa shape index (κ1) is 20.5. The van der Waals surface area contributed by atoms with Gasteiger partial charge in [-0.25, -0.2) is 0 Å². The number of carbonyl (C=O) groups is 2. The number of hydrogen-bond acceptors (Lipinski definition) is 5. The van der Waals surface area contributed by atoms with Crippen molar-refractivity contribution >= 4 is 17.4 Å². The molecule has 0 aromatic heterocycles. The summed E-state index contributed by atoms with van der Waals surface area (Å²) in [7, 11) is 2.99. The number of aliphatic hydroxyl groups is 1. The van der Waals surface area contributed by atoms with E-state index in [4.69, 9.17) is 9.47 Å². The van der Waals surface area contributed by atoms with Gasteiger partial charge < -0.3 is 19.5 Å². The first-order valence-electron chi connectivity index (χ1n) is 9.50. The van der Waals surface area contributed by atoms with Crippen LogP contribution in [-0.2, 0) is 9.59 Å². The van der Waals surface area contributed by atoms with E-state index in [2.05, 4.69) is 0 Å². The van der Waals surface area contributed by atoms with Crippen LogP contribution in [0.4, 0.5) is 0 Å². The second kappa shape index (κ2) is 8.39. The van der Waals surface area contributed by atoms with Gasteiger partial charge in [-0.15, -0.1) is 0 Å². The fourth-order valence-corrected chi connectivity index (χ4v) is 3.71. The molecule has 1 unspecified atom stereocenters. The number of rotatable bonds is 6. The van der Waals surface area contributed by atoms with Gasteiger partial charge in [0.15, 0.2) is 0 Å². The first-order chi connectivity index (χ1) is 13.9. The maximum absolute atomic E-state index is 13.0. The molecule has 1 N–H and O–H groups in total. The van der Waals surface area contributed by atoms with Crippen LogP contribution in [0.1, 0.15) is 36.1 Å². The lowest BCUT2D eigenvalue weighted by Gasteiger charge is -2.26. The third kappa shape index (κ3) is 3.58. The minimum Gasteiger partial charge on any atom is -0.507 e. The quantitative estimate of drug-likeness (QED) is 0.457. The summed E-state index contributed by atoms with van der Waals surface area (Å²) < 4.78 is 10.6. The summed E-state index contributed by atoms with van der Waals surface area (Å²) in [4.78, 5) is 27.3. The Kier molecular flexibility index (Phi) is 5.92. The highest BCUT2D eigenvalue weighted by atomic mass is 16.5. The fourth-order valence-electron chi connectivity index (χ4n) is 3.71. The van der Waals surface area contributed by atoms with Crippen LogP contribution in [-0.4, -0.2) is 42.5 Å². The van der Waals surface area contributed by atoms with E-state index in [0.717, 1.165) is 11.1 Å². The third-order valence-electron chi connectivity index (χ3n) is 5.15. The van der Waals surface area contributed by atoms with Gasteiger partial charge in [0.05, 0.1) is 31.4 Å². The smallest absolute Gasteiger partial charge is 0.295 e. The van der Waals surface area contributed by atoms with Gasteiger partial charge in [-0.3, -0.25) is 9.59 Å². The van der Waals surface area contributed by atoms with Crippen LogP contribution in [0.25, 0.3) is 5.76 Å². The minimum atomic E-state index is -0.700. The molecule has 0 aliphatic carbocycles. The van der Waals surface area contributed by atoms with E-state index >= 15 is 0 Å². The molecular weight excluding hydrogens is 370 g/mol. The molecule has 0 spiro atoms. The highest BCUT2D eigenvalue weighted by Gasteiger charge is 2.46. The maximum atomic E-state index is 13.0. The third-order valence-corrected chi connectivity index (χ3v) is 5.15. The van der Waals surface area contributed by atoms with Crippen molar-refractivity contribution in [2.24, 2.45) is 0 Å². The number of carbonyl (C=O) groups excluding carboxylic acids is 2. The van der Waals surface area contributed by atoms with Gasteiger partial charge in [-0.05, 0) is 42.7 Å². The average molecular weight is 395 g/mol. The number of hydrogen-bond donors (Lipinski definition) is 1. The van der Waals surface area contributed by atoms with Crippen LogP contribution >= 0.6 is 0 Å². The second-order valence-electron chi connectivity index (χ2n) is 6.92. The molecule has 6 nitrogen and oxygen atoms in total. The monoisotopic (exact) mass is 395 g/mol. The molecule has 29 heavy (non-hydrogen) atoms. The molecule has 1 heterocycles. The molecule has 1 fully saturated rings. The van der Waals surface area contributed by atoms with E-state index in [1.54, 1.807) is 18.2 Å². The SMILES string of the molecule is CCCN1C(=O)C(=O)/C(=C(/O)c2cc(OC)ccc2OC)C1c1ccccc1C. The number of benzene rings is 2. The normalized spacial score (nSPS) is 18.2. The predicted octanol–water partition coefficient (Wildman–Crippen LogP) is 3.84. The molecule has 6 heteroatoms. The lowest BCUT2D eigenvalue weighted by Crippen LogP contribution is -2.30. The van der Waals surface area contributed by atoms with Gasteiger partial charge in [0, 0.05) is 6.54 Å². The number of aliphatic hydroxyl groups excluding tert-OH is 1. The minimum absolute atomic E-state index is 0.0595. The average Bonchev–Trinajstić information content (AvgIpc) is 2.98. The molecule has 0 radical (unpaired) electrons. The van der Waals surface area contributed by atoms with Crippen molar-refractivity contribution in [1.82, 2.24) is 4.90 Å². The van der Waals surface area contributed by atoms with Crippen LogP contribution in [0, 0.1) is 6.92 Å². The summed E-state index contributed by atoms with van der Waals surface area (Å²) in [6.07, 6.45) is 0.692. The van der Waals surface area contributed by atoms with Crippen LogP contribution in [0.3, 0.4) is 0 Å². The largest absolute Gasteiger partial charge is 0.507 e. The number of nitrogens with zero attached hydrogens (tertiary/aromatic N) is 1. The number of ether oxygens (including phenoxy) is 2. The zero-order valence-corrected chi connectivity index (χ0v) is 17.1. The second-order valence-corrected chi connectivity index (χ2v) is 6.92. The topological polar surface area (TPSA) is 76.1 Å². The Bertz CT molecular complexity index is 979. The molecule has 0 saturated carbocycles. The Labute approximate surface area is 170 Å². The Morgan fingerprint density at radius 1 is 1.10 bits per heavy atom. The van der Waals surface area contributed by atoms with E-state index in [9.17, 15) is 14.7 Å². The van der Waals surface area contributed by atoms with E-state index in [1.807, 2.05) is 38.1 Å². The number of aryl methyl sites for hydroxylation is 1. The molecule has 1 amide bonds.